The van der Waals surface area contributed by atoms with E-state index in [9.17, 15) is 0 Å². The van der Waals surface area contributed by atoms with E-state index < -0.39 is 0 Å². The Morgan fingerprint density at radius 3 is 2.24 bits per heavy atom. The van der Waals surface area contributed by atoms with Gasteiger partial charge in [0.2, 0.25) is 5.89 Å². The standard InChI is InChI=1S/C18H12Cl2N4O/c1-24-16(20)14(15(23-24)11-5-3-2-4-6-11)18-22-21-17(25-18)12-7-9-13(19)10-8-12/h2-10H,1H3. The summed E-state index contributed by atoms with van der Waals surface area (Å²) in [5, 5.41) is 13.8. The van der Waals surface area contributed by atoms with E-state index in [1.54, 1.807) is 23.9 Å². The van der Waals surface area contributed by atoms with E-state index >= 15 is 0 Å². The van der Waals surface area contributed by atoms with E-state index in [2.05, 4.69) is 15.3 Å². The Bertz CT molecular complexity index is 1020. The maximum absolute atomic E-state index is 6.43. The van der Waals surface area contributed by atoms with Gasteiger partial charge >= 0.3 is 0 Å². The molecule has 0 spiro atoms. The minimum Gasteiger partial charge on any atom is -0.416 e. The Kier molecular flexibility index (Phi) is 4.03. The van der Waals surface area contributed by atoms with Crippen LogP contribution in [0.1, 0.15) is 0 Å². The van der Waals surface area contributed by atoms with Crippen molar-refractivity contribution < 1.29 is 4.42 Å². The first-order valence-corrected chi connectivity index (χ1v) is 8.27. The van der Waals surface area contributed by atoms with Crippen LogP contribution in [0.4, 0.5) is 0 Å². The Hall–Kier alpha value is -2.63. The largest absolute Gasteiger partial charge is 0.416 e. The first-order valence-electron chi connectivity index (χ1n) is 7.51. The van der Waals surface area contributed by atoms with Crippen LogP contribution in [0, 0.1) is 0 Å². The van der Waals surface area contributed by atoms with Crippen molar-refractivity contribution in [2.75, 3.05) is 0 Å². The molecule has 0 bridgehead atoms. The second-order valence-electron chi connectivity index (χ2n) is 5.42. The summed E-state index contributed by atoms with van der Waals surface area (Å²) in [5.74, 6) is 0.715. The SMILES string of the molecule is Cn1nc(-c2ccccc2)c(-c2nnc(-c3ccc(Cl)cc3)o2)c1Cl. The molecular weight excluding hydrogens is 359 g/mol. The zero-order valence-corrected chi connectivity index (χ0v) is 14.7. The lowest BCUT2D eigenvalue weighted by atomic mass is 10.1. The normalized spacial score (nSPS) is 11.0. The van der Waals surface area contributed by atoms with Crippen molar-refractivity contribution in [2.24, 2.45) is 7.05 Å². The van der Waals surface area contributed by atoms with Crippen LogP contribution in [-0.4, -0.2) is 20.0 Å². The molecule has 25 heavy (non-hydrogen) atoms. The van der Waals surface area contributed by atoms with E-state index in [0.29, 0.717) is 33.2 Å². The number of rotatable bonds is 3. The summed E-state index contributed by atoms with van der Waals surface area (Å²) in [4.78, 5) is 0. The second kappa shape index (κ2) is 6.35. The first-order chi connectivity index (χ1) is 12.1. The average molecular weight is 371 g/mol. The van der Waals surface area contributed by atoms with Gasteiger partial charge in [0.25, 0.3) is 5.89 Å². The third-order valence-electron chi connectivity index (χ3n) is 3.75. The van der Waals surface area contributed by atoms with Gasteiger partial charge in [0.05, 0.1) is 0 Å². The first kappa shape index (κ1) is 15.9. The predicted octanol–water partition coefficient (Wildman–Crippen LogP) is 5.11. The molecule has 0 amide bonds. The molecule has 0 aliphatic heterocycles. The highest BCUT2D eigenvalue weighted by Gasteiger charge is 2.23. The number of aromatic nitrogens is 4. The van der Waals surface area contributed by atoms with Gasteiger partial charge in [0.1, 0.15) is 16.4 Å². The van der Waals surface area contributed by atoms with Crippen molar-refractivity contribution in [1.82, 2.24) is 20.0 Å². The molecule has 7 heteroatoms. The van der Waals surface area contributed by atoms with Crippen molar-refractivity contribution in [3.8, 4) is 34.2 Å². The molecule has 0 radical (unpaired) electrons. The number of aryl methyl sites for hydroxylation is 1. The van der Waals surface area contributed by atoms with Crippen LogP contribution in [-0.2, 0) is 7.05 Å². The molecule has 0 aliphatic rings. The summed E-state index contributed by atoms with van der Waals surface area (Å²) in [7, 11) is 1.77. The van der Waals surface area contributed by atoms with Gasteiger partial charge in [-0.25, -0.2) is 0 Å². The minimum atomic E-state index is 0.321. The van der Waals surface area contributed by atoms with Crippen LogP contribution < -0.4 is 0 Å². The number of benzene rings is 2. The van der Waals surface area contributed by atoms with Crippen molar-refractivity contribution in [3.05, 3.63) is 64.8 Å². The zero-order chi connectivity index (χ0) is 17.4. The van der Waals surface area contributed by atoms with Gasteiger partial charge in [-0.2, -0.15) is 5.10 Å². The third-order valence-corrected chi connectivity index (χ3v) is 4.44. The van der Waals surface area contributed by atoms with Crippen molar-refractivity contribution >= 4 is 23.2 Å². The van der Waals surface area contributed by atoms with Crippen LogP contribution in [0.2, 0.25) is 10.2 Å². The Morgan fingerprint density at radius 1 is 0.840 bits per heavy atom. The fraction of sp³-hybridized carbons (Fsp3) is 0.0556. The fourth-order valence-electron chi connectivity index (χ4n) is 2.52. The molecule has 124 valence electrons. The highest BCUT2D eigenvalue weighted by Crippen LogP contribution is 2.37. The number of nitrogens with zero attached hydrogens (tertiary/aromatic N) is 4. The summed E-state index contributed by atoms with van der Waals surface area (Å²) in [5.41, 5.74) is 3.01. The molecular formula is C18H12Cl2N4O. The maximum Gasteiger partial charge on any atom is 0.253 e. The Morgan fingerprint density at radius 2 is 1.52 bits per heavy atom. The van der Waals surface area contributed by atoms with Crippen LogP contribution >= 0.6 is 23.2 Å². The van der Waals surface area contributed by atoms with E-state index in [1.807, 2.05) is 42.5 Å². The Labute approximate surface area is 153 Å². The summed E-state index contributed by atoms with van der Waals surface area (Å²) in [6, 6.07) is 16.9. The Balaban J connectivity index is 1.82. The summed E-state index contributed by atoms with van der Waals surface area (Å²) >= 11 is 12.3. The monoisotopic (exact) mass is 370 g/mol. The molecule has 4 aromatic rings. The fourth-order valence-corrected chi connectivity index (χ4v) is 2.86. The van der Waals surface area contributed by atoms with Crippen molar-refractivity contribution in [1.29, 1.82) is 0 Å². The summed E-state index contributed by atoms with van der Waals surface area (Å²) in [6.45, 7) is 0. The van der Waals surface area contributed by atoms with Crippen LogP contribution in [0.3, 0.4) is 0 Å². The van der Waals surface area contributed by atoms with Crippen molar-refractivity contribution in [2.45, 2.75) is 0 Å². The number of halogens is 2. The van der Waals surface area contributed by atoms with E-state index in [0.717, 1.165) is 11.1 Å². The summed E-state index contributed by atoms with van der Waals surface area (Å²) < 4.78 is 7.44. The molecule has 4 rings (SSSR count). The van der Waals surface area contributed by atoms with Gasteiger partial charge in [0.15, 0.2) is 0 Å². The number of hydrogen-bond acceptors (Lipinski definition) is 4. The van der Waals surface area contributed by atoms with E-state index in [4.69, 9.17) is 27.6 Å². The highest BCUT2D eigenvalue weighted by atomic mass is 35.5. The number of hydrogen-bond donors (Lipinski definition) is 0. The quantitative estimate of drug-likeness (QED) is 0.502. The van der Waals surface area contributed by atoms with Crippen LogP contribution in [0.5, 0.6) is 0 Å². The highest BCUT2D eigenvalue weighted by molar-refractivity contribution is 6.32. The van der Waals surface area contributed by atoms with Gasteiger partial charge < -0.3 is 4.42 Å². The second-order valence-corrected chi connectivity index (χ2v) is 6.22. The molecule has 0 N–H and O–H groups in total. The molecule has 0 fully saturated rings. The van der Waals surface area contributed by atoms with Gasteiger partial charge in [-0.3, -0.25) is 4.68 Å². The van der Waals surface area contributed by atoms with Crippen molar-refractivity contribution in [3.63, 3.8) is 0 Å². The molecule has 2 aromatic heterocycles. The lowest BCUT2D eigenvalue weighted by Crippen LogP contribution is -1.89. The van der Waals surface area contributed by atoms with Gasteiger partial charge in [0, 0.05) is 23.2 Å². The van der Waals surface area contributed by atoms with Gasteiger partial charge in [-0.1, -0.05) is 53.5 Å². The van der Waals surface area contributed by atoms with Gasteiger partial charge in [-0.05, 0) is 24.3 Å². The van der Waals surface area contributed by atoms with Crippen LogP contribution in [0.15, 0.2) is 59.0 Å². The van der Waals surface area contributed by atoms with E-state index in [1.165, 1.54) is 0 Å². The van der Waals surface area contributed by atoms with Crippen LogP contribution in [0.25, 0.3) is 34.2 Å². The molecule has 5 nitrogen and oxygen atoms in total. The molecule has 0 unspecified atom stereocenters. The third kappa shape index (κ3) is 2.92. The maximum atomic E-state index is 6.43. The molecule has 0 atom stereocenters. The predicted molar refractivity (Wildman–Crippen MR) is 97.4 cm³/mol. The molecule has 0 saturated heterocycles. The lowest BCUT2D eigenvalue weighted by molar-refractivity contribution is 0.584. The van der Waals surface area contributed by atoms with Gasteiger partial charge in [-0.15, -0.1) is 10.2 Å². The molecule has 0 aliphatic carbocycles. The smallest absolute Gasteiger partial charge is 0.253 e. The molecule has 2 heterocycles. The molecule has 2 aromatic carbocycles. The topological polar surface area (TPSA) is 56.7 Å². The zero-order valence-electron chi connectivity index (χ0n) is 13.1. The minimum absolute atomic E-state index is 0.321. The molecule has 0 saturated carbocycles. The average Bonchev–Trinajstić information content (AvgIpc) is 3.22. The van der Waals surface area contributed by atoms with E-state index in [-0.39, 0.29) is 0 Å². The lowest BCUT2D eigenvalue weighted by Gasteiger charge is -1.99. The summed E-state index contributed by atoms with van der Waals surface area (Å²) in [6.07, 6.45) is 0.